The molecular formula is C20H22N2O5. The van der Waals surface area contributed by atoms with Crippen LogP contribution in [0, 0.1) is 0 Å². The van der Waals surface area contributed by atoms with Crippen LogP contribution in [0.25, 0.3) is 0 Å². The fraction of sp³-hybridized carbons (Fsp3) is 0.250. The number of benzene rings is 2. The van der Waals surface area contributed by atoms with Crippen LogP contribution in [0.2, 0.25) is 0 Å². The number of hydrogen-bond donors (Lipinski definition) is 2. The third-order valence-electron chi connectivity index (χ3n) is 3.70. The number of anilines is 1. The number of carbonyl (C=O) groups is 3. The van der Waals surface area contributed by atoms with E-state index in [4.69, 9.17) is 9.47 Å². The van der Waals surface area contributed by atoms with Gasteiger partial charge in [0.2, 0.25) is 0 Å². The van der Waals surface area contributed by atoms with Crippen LogP contribution in [-0.2, 0) is 14.3 Å². The second-order valence-corrected chi connectivity index (χ2v) is 5.56. The van der Waals surface area contributed by atoms with E-state index < -0.39 is 23.7 Å². The Morgan fingerprint density at radius 2 is 1.67 bits per heavy atom. The second-order valence-electron chi connectivity index (χ2n) is 5.56. The van der Waals surface area contributed by atoms with Gasteiger partial charge in [-0.2, -0.15) is 0 Å². The Hall–Kier alpha value is -3.35. The van der Waals surface area contributed by atoms with Crippen LogP contribution >= 0.6 is 0 Å². The Balaban J connectivity index is 2.17. The Labute approximate surface area is 157 Å². The van der Waals surface area contributed by atoms with Crippen LogP contribution in [0.3, 0.4) is 0 Å². The molecule has 0 bridgehead atoms. The van der Waals surface area contributed by atoms with E-state index in [1.807, 2.05) is 0 Å². The molecule has 0 aromatic heterocycles. The zero-order chi connectivity index (χ0) is 19.6. The Kier molecular flexibility index (Phi) is 7.37. The van der Waals surface area contributed by atoms with Gasteiger partial charge < -0.3 is 20.1 Å². The second kappa shape index (κ2) is 9.96. The zero-order valence-electron chi connectivity index (χ0n) is 15.2. The van der Waals surface area contributed by atoms with Crippen molar-refractivity contribution in [1.29, 1.82) is 0 Å². The van der Waals surface area contributed by atoms with E-state index in [0.717, 1.165) is 0 Å². The van der Waals surface area contributed by atoms with Crippen molar-refractivity contribution in [2.45, 2.75) is 13.0 Å². The molecule has 0 heterocycles. The molecule has 1 amide bonds. The molecule has 2 N–H and O–H groups in total. The van der Waals surface area contributed by atoms with Crippen LogP contribution in [0.1, 0.15) is 17.3 Å². The standard InChI is InChI=1S/C20H22N2O5/c1-3-27-17(23)13-21-20(25)18(19(24)14-7-5-4-6-8-14)22-15-9-11-16(26-2)12-10-15/h4-12,18,22H,3,13H2,1-2H3,(H,21,25). The van der Waals surface area contributed by atoms with Gasteiger partial charge in [0.25, 0.3) is 5.91 Å². The van der Waals surface area contributed by atoms with Gasteiger partial charge in [0, 0.05) is 11.3 Å². The first-order valence-electron chi connectivity index (χ1n) is 8.48. The minimum absolute atomic E-state index is 0.213. The summed E-state index contributed by atoms with van der Waals surface area (Å²) in [6.45, 7) is 1.58. The van der Waals surface area contributed by atoms with E-state index in [-0.39, 0.29) is 13.2 Å². The maximum absolute atomic E-state index is 12.8. The van der Waals surface area contributed by atoms with Crippen LogP contribution in [0.15, 0.2) is 54.6 Å². The summed E-state index contributed by atoms with van der Waals surface area (Å²) >= 11 is 0. The van der Waals surface area contributed by atoms with Gasteiger partial charge in [-0.25, -0.2) is 0 Å². The number of amides is 1. The lowest BCUT2D eigenvalue weighted by molar-refractivity contribution is -0.143. The Morgan fingerprint density at radius 1 is 1.00 bits per heavy atom. The third kappa shape index (κ3) is 5.85. The summed E-state index contributed by atoms with van der Waals surface area (Å²) in [4.78, 5) is 36.9. The first-order valence-corrected chi connectivity index (χ1v) is 8.48. The number of nitrogens with one attached hydrogen (secondary N) is 2. The van der Waals surface area contributed by atoms with Crippen LogP contribution < -0.4 is 15.4 Å². The molecule has 1 atom stereocenters. The number of rotatable bonds is 9. The third-order valence-corrected chi connectivity index (χ3v) is 3.70. The highest BCUT2D eigenvalue weighted by molar-refractivity contribution is 6.15. The van der Waals surface area contributed by atoms with Crippen LogP contribution in [0.5, 0.6) is 5.75 Å². The SMILES string of the molecule is CCOC(=O)CNC(=O)C(Nc1ccc(OC)cc1)C(=O)c1ccccc1. The summed E-state index contributed by atoms with van der Waals surface area (Å²) in [5, 5.41) is 5.35. The average Bonchev–Trinajstić information content (AvgIpc) is 2.71. The molecule has 2 rings (SSSR count). The lowest BCUT2D eigenvalue weighted by atomic mass is 10.0. The number of esters is 1. The topological polar surface area (TPSA) is 93.7 Å². The minimum Gasteiger partial charge on any atom is -0.497 e. The Bertz CT molecular complexity index is 775. The normalized spacial score (nSPS) is 11.2. The molecule has 0 saturated heterocycles. The first-order chi connectivity index (χ1) is 13.0. The lowest BCUT2D eigenvalue weighted by Gasteiger charge is -2.18. The Morgan fingerprint density at radius 3 is 2.26 bits per heavy atom. The maximum atomic E-state index is 12.8. The maximum Gasteiger partial charge on any atom is 0.325 e. The molecule has 2 aromatic rings. The van der Waals surface area contributed by atoms with E-state index in [1.54, 1.807) is 68.6 Å². The molecule has 2 aromatic carbocycles. The molecule has 1 unspecified atom stereocenters. The van der Waals surface area contributed by atoms with E-state index >= 15 is 0 Å². The van der Waals surface area contributed by atoms with Crippen molar-refractivity contribution in [3.05, 3.63) is 60.2 Å². The number of ketones is 1. The van der Waals surface area contributed by atoms with Crippen molar-refractivity contribution in [1.82, 2.24) is 5.32 Å². The summed E-state index contributed by atoms with van der Waals surface area (Å²) in [5.41, 5.74) is 0.950. The highest BCUT2D eigenvalue weighted by Crippen LogP contribution is 2.17. The largest absolute Gasteiger partial charge is 0.497 e. The quantitative estimate of drug-likeness (QED) is 0.399. The molecule has 0 aliphatic rings. The number of carbonyl (C=O) groups excluding carboxylic acids is 3. The fourth-order valence-corrected chi connectivity index (χ4v) is 2.35. The highest BCUT2D eigenvalue weighted by Gasteiger charge is 2.28. The van der Waals surface area contributed by atoms with Gasteiger partial charge in [0.15, 0.2) is 11.8 Å². The van der Waals surface area contributed by atoms with Gasteiger partial charge >= 0.3 is 5.97 Å². The molecular weight excluding hydrogens is 348 g/mol. The van der Waals surface area contributed by atoms with Crippen molar-refractivity contribution >= 4 is 23.3 Å². The van der Waals surface area contributed by atoms with Crippen molar-refractivity contribution in [3.8, 4) is 5.75 Å². The molecule has 7 heteroatoms. The van der Waals surface area contributed by atoms with Crippen molar-refractivity contribution < 1.29 is 23.9 Å². The van der Waals surface area contributed by atoms with Crippen LogP contribution in [-0.4, -0.2) is 44.0 Å². The molecule has 0 saturated carbocycles. The van der Waals surface area contributed by atoms with Gasteiger partial charge in [-0.05, 0) is 31.2 Å². The number of hydrogen-bond acceptors (Lipinski definition) is 6. The summed E-state index contributed by atoms with van der Waals surface area (Å²) in [6, 6.07) is 14.1. The molecule has 0 aliphatic heterocycles. The molecule has 0 spiro atoms. The summed E-state index contributed by atoms with van der Waals surface area (Å²) in [6.07, 6.45) is 0. The number of Topliss-reactive ketones (excluding diaryl/α,β-unsaturated/α-hetero) is 1. The van der Waals surface area contributed by atoms with E-state index in [2.05, 4.69) is 10.6 Å². The number of ether oxygens (including phenoxy) is 2. The van der Waals surface area contributed by atoms with Gasteiger partial charge in [0.05, 0.1) is 13.7 Å². The van der Waals surface area contributed by atoms with Gasteiger partial charge in [-0.15, -0.1) is 0 Å². The molecule has 0 radical (unpaired) electrons. The predicted octanol–water partition coefficient (Wildman–Crippen LogP) is 2.04. The minimum atomic E-state index is -1.20. The van der Waals surface area contributed by atoms with E-state index in [0.29, 0.717) is 17.0 Å². The lowest BCUT2D eigenvalue weighted by Crippen LogP contribution is -2.46. The predicted molar refractivity (Wildman–Crippen MR) is 101 cm³/mol. The average molecular weight is 370 g/mol. The van der Waals surface area contributed by atoms with Gasteiger partial charge in [-0.1, -0.05) is 30.3 Å². The smallest absolute Gasteiger partial charge is 0.325 e. The summed E-state index contributed by atoms with van der Waals surface area (Å²) in [5.74, 6) is -0.944. The van der Waals surface area contributed by atoms with Crippen molar-refractivity contribution in [2.75, 3.05) is 25.6 Å². The van der Waals surface area contributed by atoms with Gasteiger partial charge in [-0.3, -0.25) is 14.4 Å². The van der Waals surface area contributed by atoms with Crippen LogP contribution in [0.4, 0.5) is 5.69 Å². The monoisotopic (exact) mass is 370 g/mol. The fourth-order valence-electron chi connectivity index (χ4n) is 2.35. The van der Waals surface area contributed by atoms with Gasteiger partial charge in [0.1, 0.15) is 12.3 Å². The molecule has 7 nitrogen and oxygen atoms in total. The van der Waals surface area contributed by atoms with E-state index in [1.165, 1.54) is 0 Å². The number of methoxy groups -OCH3 is 1. The molecule has 142 valence electrons. The zero-order valence-corrected chi connectivity index (χ0v) is 15.2. The van der Waals surface area contributed by atoms with Crippen molar-refractivity contribution in [3.63, 3.8) is 0 Å². The summed E-state index contributed by atoms with van der Waals surface area (Å²) < 4.78 is 9.89. The van der Waals surface area contributed by atoms with Crippen molar-refractivity contribution in [2.24, 2.45) is 0 Å². The van der Waals surface area contributed by atoms with E-state index in [9.17, 15) is 14.4 Å². The molecule has 27 heavy (non-hydrogen) atoms. The summed E-state index contributed by atoms with van der Waals surface area (Å²) in [7, 11) is 1.55. The molecule has 0 aliphatic carbocycles. The molecule has 0 fully saturated rings. The first kappa shape index (κ1) is 20.0. The highest BCUT2D eigenvalue weighted by atomic mass is 16.5.